The number of nitrogens with zero attached hydrogens (tertiary/aromatic N) is 3. The molecule has 2 saturated heterocycles. The molecule has 10 heteroatoms. The van der Waals surface area contributed by atoms with Crippen LogP contribution < -0.4 is 10.2 Å². The summed E-state index contributed by atoms with van der Waals surface area (Å²) in [4.78, 5) is 49.8. The molecule has 0 radical (unpaired) electrons. The summed E-state index contributed by atoms with van der Waals surface area (Å²) in [6.45, 7) is 4.47. The zero-order chi connectivity index (χ0) is 25.9. The van der Waals surface area contributed by atoms with E-state index in [2.05, 4.69) is 15.3 Å². The number of H-pyrrole nitrogens is 1. The van der Waals surface area contributed by atoms with Crippen molar-refractivity contribution in [2.24, 2.45) is 0 Å². The molecule has 1 atom stereocenters. The Kier molecular flexibility index (Phi) is 7.43. The van der Waals surface area contributed by atoms with E-state index in [0.717, 1.165) is 42.7 Å². The molecule has 0 aliphatic carbocycles. The molecule has 1 unspecified atom stereocenters. The first-order valence-electron chi connectivity index (χ1n) is 12.6. The number of halogens is 1. The lowest BCUT2D eigenvalue weighted by molar-refractivity contribution is -0.130. The number of imidazole rings is 1. The molecule has 194 valence electrons. The molecule has 9 nitrogen and oxygen atoms in total. The van der Waals surface area contributed by atoms with Crippen LogP contribution in [0.25, 0.3) is 11.0 Å². The Hall–Kier alpha value is -3.43. The molecule has 3 heterocycles. The summed E-state index contributed by atoms with van der Waals surface area (Å²) in [6, 6.07) is 10.2. The molecular formula is C27H30ClN5O4. The summed E-state index contributed by atoms with van der Waals surface area (Å²) in [5, 5.41) is 3.64. The summed E-state index contributed by atoms with van der Waals surface area (Å²) < 4.78 is 5.22. The molecule has 2 N–H and O–H groups in total. The number of hydrogen-bond acceptors (Lipinski definition) is 5. The minimum atomic E-state index is -0.494. The largest absolute Gasteiger partial charge is 0.370 e. The highest BCUT2D eigenvalue weighted by Gasteiger charge is 2.25. The minimum absolute atomic E-state index is 0.0578. The van der Waals surface area contributed by atoms with Crippen LogP contribution in [0.1, 0.15) is 53.5 Å². The van der Waals surface area contributed by atoms with E-state index in [1.165, 1.54) is 0 Å². The number of hydrogen-bond donors (Lipinski definition) is 2. The third kappa shape index (κ3) is 5.62. The van der Waals surface area contributed by atoms with Gasteiger partial charge in [0.15, 0.2) is 0 Å². The van der Waals surface area contributed by atoms with Crippen LogP contribution in [-0.4, -0.2) is 65.4 Å². The fourth-order valence-corrected chi connectivity index (χ4v) is 5.11. The second-order valence-corrected chi connectivity index (χ2v) is 9.97. The number of benzene rings is 2. The Balaban J connectivity index is 1.36. The van der Waals surface area contributed by atoms with Gasteiger partial charge in [-0.05, 0) is 68.1 Å². The van der Waals surface area contributed by atoms with Crippen molar-refractivity contribution in [2.45, 2.75) is 38.6 Å². The van der Waals surface area contributed by atoms with Gasteiger partial charge in [-0.3, -0.25) is 14.4 Å². The van der Waals surface area contributed by atoms with Gasteiger partial charge < -0.3 is 24.8 Å². The molecule has 2 aromatic carbocycles. The molecule has 37 heavy (non-hydrogen) atoms. The van der Waals surface area contributed by atoms with Crippen molar-refractivity contribution < 1.29 is 19.1 Å². The van der Waals surface area contributed by atoms with E-state index >= 15 is 0 Å². The number of anilines is 1. The number of carbonyl (C=O) groups excluding carboxylic acids is 3. The molecule has 5 rings (SSSR count). The molecule has 0 spiro atoms. The van der Waals surface area contributed by atoms with Crippen molar-refractivity contribution in [1.82, 2.24) is 20.2 Å². The smallest absolute Gasteiger partial charge is 0.253 e. The van der Waals surface area contributed by atoms with Gasteiger partial charge in [0.05, 0.1) is 23.7 Å². The van der Waals surface area contributed by atoms with E-state index in [1.807, 2.05) is 17.9 Å². The van der Waals surface area contributed by atoms with Crippen molar-refractivity contribution in [2.75, 3.05) is 37.7 Å². The third-order valence-corrected chi connectivity index (χ3v) is 7.18. The zero-order valence-electron chi connectivity index (χ0n) is 20.8. The quantitative estimate of drug-likeness (QED) is 0.490. The van der Waals surface area contributed by atoms with Gasteiger partial charge in [0.25, 0.3) is 11.8 Å². The van der Waals surface area contributed by atoms with Crippen molar-refractivity contribution in [3.05, 3.63) is 58.4 Å². The van der Waals surface area contributed by atoms with Crippen molar-refractivity contribution in [3.63, 3.8) is 0 Å². The Labute approximate surface area is 220 Å². The van der Waals surface area contributed by atoms with Crippen LogP contribution in [-0.2, 0) is 14.3 Å². The lowest BCUT2D eigenvalue weighted by Gasteiger charge is -2.28. The highest BCUT2D eigenvalue weighted by atomic mass is 35.5. The van der Waals surface area contributed by atoms with Crippen LogP contribution in [0.15, 0.2) is 36.4 Å². The summed E-state index contributed by atoms with van der Waals surface area (Å²) in [6.07, 6.45) is 2.77. The Morgan fingerprint density at radius 2 is 1.97 bits per heavy atom. The Morgan fingerprint density at radius 3 is 2.73 bits per heavy atom. The number of carbonyl (C=O) groups is 3. The molecular weight excluding hydrogens is 494 g/mol. The predicted molar refractivity (Wildman–Crippen MR) is 141 cm³/mol. The number of fused-ring (bicyclic) bond motifs is 1. The lowest BCUT2D eigenvalue weighted by Crippen LogP contribution is -2.42. The van der Waals surface area contributed by atoms with Crippen molar-refractivity contribution in [3.8, 4) is 0 Å². The number of ether oxygens (including phenoxy) is 1. The van der Waals surface area contributed by atoms with Crippen LogP contribution >= 0.6 is 11.6 Å². The van der Waals surface area contributed by atoms with Gasteiger partial charge in [0.1, 0.15) is 12.4 Å². The highest BCUT2D eigenvalue weighted by molar-refractivity contribution is 6.31. The number of amides is 3. The first kappa shape index (κ1) is 25.2. The number of morpholine rings is 1. The normalized spacial score (nSPS) is 16.9. The van der Waals surface area contributed by atoms with Gasteiger partial charge in [-0.15, -0.1) is 0 Å². The SMILES string of the molecule is Cc1cc(C(=O)NC(CCC(=O)N2CCCC2)c2nc3cc(Cl)ccc3[nH]2)ccc1N1CCOCC1=O. The number of nitrogens with one attached hydrogen (secondary N) is 2. The summed E-state index contributed by atoms with van der Waals surface area (Å²) in [5.74, 6) is 0.290. The van der Waals surface area contributed by atoms with E-state index in [4.69, 9.17) is 16.3 Å². The van der Waals surface area contributed by atoms with E-state index in [1.54, 1.807) is 35.2 Å². The standard InChI is InChI=1S/C27H30ClN5O4/c1-17-14-18(4-8-23(17)33-12-13-37-16-25(33)35)27(36)31-21(7-9-24(34)32-10-2-3-11-32)26-29-20-6-5-19(28)15-22(20)30-26/h4-6,8,14-15,21H,2-3,7,9-13,16H2,1H3,(H,29,30)(H,31,36). The minimum Gasteiger partial charge on any atom is -0.370 e. The number of likely N-dealkylation sites (tertiary alicyclic amines) is 1. The van der Waals surface area contributed by atoms with Crippen molar-refractivity contribution >= 4 is 46.0 Å². The third-order valence-electron chi connectivity index (χ3n) is 6.94. The maximum Gasteiger partial charge on any atom is 0.253 e. The van der Waals surface area contributed by atoms with E-state index in [9.17, 15) is 14.4 Å². The molecule has 0 bridgehead atoms. The van der Waals surface area contributed by atoms with E-state index in [-0.39, 0.29) is 24.3 Å². The van der Waals surface area contributed by atoms with Gasteiger partial charge in [0.2, 0.25) is 5.91 Å². The first-order chi connectivity index (χ1) is 17.9. The molecule has 2 aliphatic rings. The highest BCUT2D eigenvalue weighted by Crippen LogP contribution is 2.26. The van der Waals surface area contributed by atoms with E-state index in [0.29, 0.717) is 47.9 Å². The van der Waals surface area contributed by atoms with Crippen molar-refractivity contribution in [1.29, 1.82) is 0 Å². The zero-order valence-corrected chi connectivity index (χ0v) is 21.5. The first-order valence-corrected chi connectivity index (χ1v) is 13.0. The molecule has 3 amide bonds. The molecule has 2 fully saturated rings. The maximum atomic E-state index is 13.3. The second-order valence-electron chi connectivity index (χ2n) is 9.54. The average molecular weight is 524 g/mol. The summed E-state index contributed by atoms with van der Waals surface area (Å²) in [5.41, 5.74) is 3.56. The van der Waals surface area contributed by atoms with Gasteiger partial charge >= 0.3 is 0 Å². The summed E-state index contributed by atoms with van der Waals surface area (Å²) >= 11 is 6.13. The van der Waals surface area contributed by atoms with Gasteiger partial charge in [0, 0.05) is 42.3 Å². The molecule has 2 aliphatic heterocycles. The number of aryl methyl sites for hydroxylation is 1. The van der Waals surface area contributed by atoms with Crippen LogP contribution in [0.5, 0.6) is 0 Å². The van der Waals surface area contributed by atoms with Crippen LogP contribution in [0.3, 0.4) is 0 Å². The van der Waals surface area contributed by atoms with Gasteiger partial charge in [-0.25, -0.2) is 4.98 Å². The van der Waals surface area contributed by atoms with Crippen LogP contribution in [0.2, 0.25) is 5.02 Å². The topological polar surface area (TPSA) is 108 Å². The Morgan fingerprint density at radius 1 is 1.16 bits per heavy atom. The van der Waals surface area contributed by atoms with Crippen LogP contribution in [0, 0.1) is 6.92 Å². The fraction of sp³-hybridized carbons (Fsp3) is 0.407. The second kappa shape index (κ2) is 10.9. The van der Waals surface area contributed by atoms with E-state index < -0.39 is 6.04 Å². The fourth-order valence-electron chi connectivity index (χ4n) is 4.95. The van der Waals surface area contributed by atoms with Gasteiger partial charge in [-0.2, -0.15) is 0 Å². The Bertz CT molecular complexity index is 1330. The maximum absolute atomic E-state index is 13.3. The predicted octanol–water partition coefficient (Wildman–Crippen LogP) is 3.76. The monoisotopic (exact) mass is 523 g/mol. The number of aromatic amines is 1. The number of rotatable bonds is 7. The average Bonchev–Trinajstić information content (AvgIpc) is 3.57. The summed E-state index contributed by atoms with van der Waals surface area (Å²) in [7, 11) is 0. The molecule has 0 saturated carbocycles. The van der Waals surface area contributed by atoms with Gasteiger partial charge in [-0.1, -0.05) is 11.6 Å². The number of aromatic nitrogens is 2. The molecule has 3 aromatic rings. The molecule has 1 aromatic heterocycles. The lowest BCUT2D eigenvalue weighted by atomic mass is 10.1. The van der Waals surface area contributed by atoms with Crippen LogP contribution in [0.4, 0.5) is 5.69 Å².